The van der Waals surface area contributed by atoms with E-state index in [1.807, 2.05) is 12.1 Å². The van der Waals surface area contributed by atoms with Gasteiger partial charge in [0.2, 0.25) is 0 Å². The van der Waals surface area contributed by atoms with E-state index in [-0.39, 0.29) is 18.3 Å². The van der Waals surface area contributed by atoms with Gasteiger partial charge in [0, 0.05) is 11.6 Å². The summed E-state index contributed by atoms with van der Waals surface area (Å²) in [5, 5.41) is 11.7. The standard InChI is InChI=1S/C16H22ClN5O.ClH/c1-2-6-14-15(16(23)19-10-4-3-9-18)20-21-22(14)13-8-5-7-12(17)11-13;/h5,7-8,11H,2-4,6,9-10,18H2,1H3,(H,19,23);1H. The number of nitrogens with one attached hydrogen (secondary N) is 1. The number of hydrogen-bond acceptors (Lipinski definition) is 4. The SMILES string of the molecule is CCCc1c(C(=O)NCCCCN)nnn1-c1cccc(Cl)c1.Cl. The van der Waals surface area contributed by atoms with Gasteiger partial charge in [0.15, 0.2) is 5.69 Å². The van der Waals surface area contributed by atoms with Crippen molar-refractivity contribution in [3.05, 3.63) is 40.7 Å². The van der Waals surface area contributed by atoms with E-state index < -0.39 is 0 Å². The van der Waals surface area contributed by atoms with Gasteiger partial charge in [0.25, 0.3) is 5.91 Å². The minimum absolute atomic E-state index is 0. The molecule has 3 N–H and O–H groups in total. The molecule has 0 fully saturated rings. The molecule has 0 saturated heterocycles. The normalized spacial score (nSPS) is 10.3. The lowest BCUT2D eigenvalue weighted by molar-refractivity contribution is 0.0947. The van der Waals surface area contributed by atoms with Crippen molar-refractivity contribution < 1.29 is 4.79 Å². The largest absolute Gasteiger partial charge is 0.351 e. The van der Waals surface area contributed by atoms with Crippen LogP contribution in [0.1, 0.15) is 42.4 Å². The molecule has 1 amide bonds. The predicted octanol–water partition coefficient (Wildman–Crippen LogP) is 2.76. The predicted molar refractivity (Wildman–Crippen MR) is 98.2 cm³/mol. The molecule has 24 heavy (non-hydrogen) atoms. The number of carbonyl (C=O) groups is 1. The number of halogens is 2. The molecule has 0 aliphatic rings. The van der Waals surface area contributed by atoms with Gasteiger partial charge in [0.05, 0.1) is 11.4 Å². The van der Waals surface area contributed by atoms with Gasteiger partial charge in [-0.3, -0.25) is 4.79 Å². The zero-order valence-electron chi connectivity index (χ0n) is 13.7. The number of benzene rings is 1. The summed E-state index contributed by atoms with van der Waals surface area (Å²) < 4.78 is 1.68. The van der Waals surface area contributed by atoms with Crippen LogP contribution in [0, 0.1) is 0 Å². The van der Waals surface area contributed by atoms with Gasteiger partial charge in [-0.1, -0.05) is 36.2 Å². The molecule has 1 aromatic carbocycles. The second kappa shape index (κ2) is 10.3. The summed E-state index contributed by atoms with van der Waals surface area (Å²) in [6.45, 7) is 3.27. The van der Waals surface area contributed by atoms with Crippen molar-refractivity contribution in [1.29, 1.82) is 0 Å². The van der Waals surface area contributed by atoms with Gasteiger partial charge in [0.1, 0.15) is 0 Å². The van der Waals surface area contributed by atoms with Crippen LogP contribution in [0.4, 0.5) is 0 Å². The van der Waals surface area contributed by atoms with Crippen LogP contribution in [-0.2, 0) is 6.42 Å². The number of nitrogens with two attached hydrogens (primary N) is 1. The Balaban J connectivity index is 0.00000288. The number of carbonyl (C=O) groups excluding carboxylic acids is 1. The van der Waals surface area contributed by atoms with Crippen molar-refractivity contribution in [3.63, 3.8) is 0 Å². The molecule has 2 aromatic rings. The van der Waals surface area contributed by atoms with E-state index in [9.17, 15) is 4.79 Å². The minimum atomic E-state index is -0.196. The minimum Gasteiger partial charge on any atom is -0.351 e. The molecule has 0 bridgehead atoms. The average molecular weight is 372 g/mol. The Morgan fingerprint density at radius 1 is 1.38 bits per heavy atom. The van der Waals surface area contributed by atoms with E-state index in [0.717, 1.165) is 30.6 Å². The number of amides is 1. The average Bonchev–Trinajstić information content (AvgIpc) is 2.95. The quantitative estimate of drug-likeness (QED) is 0.698. The maximum absolute atomic E-state index is 12.3. The van der Waals surface area contributed by atoms with E-state index >= 15 is 0 Å². The van der Waals surface area contributed by atoms with Gasteiger partial charge >= 0.3 is 0 Å². The molecule has 132 valence electrons. The molecule has 2 rings (SSSR count). The van der Waals surface area contributed by atoms with Crippen LogP contribution in [0.3, 0.4) is 0 Å². The molecule has 0 spiro atoms. The molecule has 0 unspecified atom stereocenters. The first-order valence-corrected chi connectivity index (χ1v) is 8.24. The summed E-state index contributed by atoms with van der Waals surface area (Å²) in [6.07, 6.45) is 3.34. The van der Waals surface area contributed by atoms with Crippen molar-refractivity contribution in [2.75, 3.05) is 13.1 Å². The molecule has 6 nitrogen and oxygen atoms in total. The maximum atomic E-state index is 12.3. The topological polar surface area (TPSA) is 85.8 Å². The second-order valence-electron chi connectivity index (χ2n) is 5.28. The Labute approximate surface area is 153 Å². The Hall–Kier alpha value is -1.63. The highest BCUT2D eigenvalue weighted by molar-refractivity contribution is 6.30. The zero-order valence-corrected chi connectivity index (χ0v) is 15.2. The number of nitrogens with zero attached hydrogens (tertiary/aromatic N) is 3. The van der Waals surface area contributed by atoms with Crippen molar-refractivity contribution in [2.45, 2.75) is 32.6 Å². The lowest BCUT2D eigenvalue weighted by Crippen LogP contribution is -2.26. The number of unbranched alkanes of at least 4 members (excludes halogenated alkanes) is 1. The molecule has 0 radical (unpaired) electrons. The highest BCUT2D eigenvalue weighted by atomic mass is 35.5. The summed E-state index contributed by atoms with van der Waals surface area (Å²) in [6, 6.07) is 7.34. The summed E-state index contributed by atoms with van der Waals surface area (Å²) in [5.74, 6) is -0.196. The third-order valence-electron chi connectivity index (χ3n) is 3.43. The van der Waals surface area contributed by atoms with E-state index in [2.05, 4.69) is 22.6 Å². The lowest BCUT2D eigenvalue weighted by atomic mass is 10.2. The van der Waals surface area contributed by atoms with Crippen LogP contribution in [0.15, 0.2) is 24.3 Å². The van der Waals surface area contributed by atoms with E-state index in [0.29, 0.717) is 30.2 Å². The lowest BCUT2D eigenvalue weighted by Gasteiger charge is -2.08. The molecule has 0 aliphatic heterocycles. The third kappa shape index (κ3) is 5.19. The fraction of sp³-hybridized carbons (Fsp3) is 0.438. The van der Waals surface area contributed by atoms with Crippen molar-refractivity contribution >= 4 is 29.9 Å². The highest BCUT2D eigenvalue weighted by Gasteiger charge is 2.19. The van der Waals surface area contributed by atoms with Gasteiger partial charge < -0.3 is 11.1 Å². The van der Waals surface area contributed by atoms with Crippen molar-refractivity contribution in [2.24, 2.45) is 5.73 Å². The monoisotopic (exact) mass is 371 g/mol. The fourth-order valence-electron chi connectivity index (χ4n) is 2.31. The number of aromatic nitrogens is 3. The van der Waals surface area contributed by atoms with E-state index in [4.69, 9.17) is 17.3 Å². The number of hydrogen-bond donors (Lipinski definition) is 2. The Bertz CT molecular complexity index is 660. The molecule has 1 heterocycles. The molecule has 8 heteroatoms. The molecule has 0 aliphatic carbocycles. The van der Waals surface area contributed by atoms with Crippen LogP contribution in [-0.4, -0.2) is 34.0 Å². The molecular weight excluding hydrogens is 349 g/mol. The first-order chi connectivity index (χ1) is 11.2. The first kappa shape index (κ1) is 20.4. The summed E-state index contributed by atoms with van der Waals surface area (Å²) in [4.78, 5) is 12.3. The maximum Gasteiger partial charge on any atom is 0.273 e. The van der Waals surface area contributed by atoms with E-state index in [1.165, 1.54) is 0 Å². The third-order valence-corrected chi connectivity index (χ3v) is 3.67. The van der Waals surface area contributed by atoms with Crippen LogP contribution < -0.4 is 11.1 Å². The van der Waals surface area contributed by atoms with Gasteiger partial charge in [-0.2, -0.15) is 0 Å². The number of rotatable bonds is 8. The van der Waals surface area contributed by atoms with Crippen LogP contribution in [0.25, 0.3) is 5.69 Å². The van der Waals surface area contributed by atoms with Crippen LogP contribution in [0.5, 0.6) is 0 Å². The van der Waals surface area contributed by atoms with E-state index in [1.54, 1.807) is 16.8 Å². The molecule has 1 aromatic heterocycles. The summed E-state index contributed by atoms with van der Waals surface area (Å²) in [7, 11) is 0. The Morgan fingerprint density at radius 3 is 2.83 bits per heavy atom. The fourth-order valence-corrected chi connectivity index (χ4v) is 2.49. The van der Waals surface area contributed by atoms with Crippen molar-refractivity contribution in [3.8, 4) is 5.69 Å². The van der Waals surface area contributed by atoms with Crippen LogP contribution >= 0.6 is 24.0 Å². The first-order valence-electron chi connectivity index (χ1n) is 7.86. The summed E-state index contributed by atoms with van der Waals surface area (Å²) >= 11 is 6.04. The molecular formula is C16H23Cl2N5O. The molecule has 0 atom stereocenters. The van der Waals surface area contributed by atoms with Gasteiger partial charge in [-0.05, 0) is 44.0 Å². The zero-order chi connectivity index (χ0) is 16.7. The Kier molecular flexibility index (Phi) is 8.74. The highest BCUT2D eigenvalue weighted by Crippen LogP contribution is 2.18. The van der Waals surface area contributed by atoms with Crippen molar-refractivity contribution in [1.82, 2.24) is 20.3 Å². The summed E-state index contributed by atoms with van der Waals surface area (Å²) in [5.41, 5.74) is 7.42. The van der Waals surface area contributed by atoms with Gasteiger partial charge in [-0.15, -0.1) is 17.5 Å². The second-order valence-corrected chi connectivity index (χ2v) is 5.71. The smallest absolute Gasteiger partial charge is 0.273 e. The van der Waals surface area contributed by atoms with Crippen LogP contribution in [0.2, 0.25) is 5.02 Å². The Morgan fingerprint density at radius 2 is 2.17 bits per heavy atom. The van der Waals surface area contributed by atoms with Gasteiger partial charge in [-0.25, -0.2) is 4.68 Å². The molecule has 0 saturated carbocycles.